The Bertz CT molecular complexity index is 475. The molecule has 1 fully saturated rings. The Morgan fingerprint density at radius 2 is 2.15 bits per heavy atom. The molecule has 0 spiro atoms. The molecule has 0 aliphatic carbocycles. The van der Waals surface area contributed by atoms with Gasteiger partial charge in [-0.1, -0.05) is 15.9 Å². The molecule has 1 aromatic carbocycles. The molecule has 0 atom stereocenters. The van der Waals surface area contributed by atoms with Crippen LogP contribution in [-0.4, -0.2) is 43.5 Å². The molecular formula is C14H19BrFN3O. The smallest absolute Gasteiger partial charge is 0.238 e. The second kappa shape index (κ2) is 7.15. The van der Waals surface area contributed by atoms with E-state index in [4.69, 9.17) is 0 Å². The Morgan fingerprint density at radius 1 is 1.45 bits per heavy atom. The van der Waals surface area contributed by atoms with Crippen LogP contribution in [0.25, 0.3) is 0 Å². The average Bonchev–Trinajstić information content (AvgIpc) is 2.43. The van der Waals surface area contributed by atoms with Gasteiger partial charge in [-0.2, -0.15) is 0 Å². The van der Waals surface area contributed by atoms with Crippen LogP contribution in [0.5, 0.6) is 0 Å². The number of amides is 1. The van der Waals surface area contributed by atoms with E-state index in [2.05, 4.69) is 31.5 Å². The minimum Gasteiger partial charge on any atom is -0.322 e. The molecule has 0 aromatic heterocycles. The summed E-state index contributed by atoms with van der Waals surface area (Å²) < 4.78 is 14.3. The minimum absolute atomic E-state index is 0.172. The van der Waals surface area contributed by atoms with Gasteiger partial charge in [0.15, 0.2) is 0 Å². The summed E-state index contributed by atoms with van der Waals surface area (Å²) >= 11 is 3.19. The van der Waals surface area contributed by atoms with E-state index in [-0.39, 0.29) is 11.6 Å². The molecule has 2 rings (SSSR count). The summed E-state index contributed by atoms with van der Waals surface area (Å²) in [6, 6.07) is 5.15. The molecule has 4 nitrogen and oxygen atoms in total. The maximum atomic E-state index is 13.6. The first-order valence-corrected chi connectivity index (χ1v) is 7.52. The average molecular weight is 344 g/mol. The Hall–Kier alpha value is -0.980. The number of likely N-dealkylation sites (tertiary alicyclic amines) is 1. The van der Waals surface area contributed by atoms with Crippen molar-refractivity contribution < 1.29 is 9.18 Å². The second-order valence-electron chi connectivity index (χ2n) is 5.01. The van der Waals surface area contributed by atoms with Crippen LogP contribution in [0.2, 0.25) is 0 Å². The lowest BCUT2D eigenvalue weighted by molar-refractivity contribution is -0.117. The molecule has 1 aliphatic heterocycles. The molecule has 1 aliphatic rings. The fourth-order valence-electron chi connectivity index (χ4n) is 2.36. The summed E-state index contributed by atoms with van der Waals surface area (Å²) in [6.07, 6.45) is 2.08. The molecule has 20 heavy (non-hydrogen) atoms. The number of hydrogen-bond acceptors (Lipinski definition) is 3. The highest BCUT2D eigenvalue weighted by Crippen LogP contribution is 2.19. The largest absolute Gasteiger partial charge is 0.322 e. The van der Waals surface area contributed by atoms with E-state index in [1.807, 2.05) is 7.05 Å². The van der Waals surface area contributed by atoms with Gasteiger partial charge in [0.05, 0.1) is 12.2 Å². The van der Waals surface area contributed by atoms with Gasteiger partial charge in [0.25, 0.3) is 0 Å². The van der Waals surface area contributed by atoms with Gasteiger partial charge in [0, 0.05) is 23.6 Å². The van der Waals surface area contributed by atoms with Crippen molar-refractivity contribution in [2.75, 3.05) is 32.0 Å². The maximum Gasteiger partial charge on any atom is 0.238 e. The topological polar surface area (TPSA) is 44.4 Å². The zero-order valence-electron chi connectivity index (χ0n) is 11.5. The molecule has 110 valence electrons. The van der Waals surface area contributed by atoms with Crippen LogP contribution >= 0.6 is 15.9 Å². The Morgan fingerprint density at radius 3 is 2.75 bits per heavy atom. The fourth-order valence-corrected chi connectivity index (χ4v) is 2.70. The lowest BCUT2D eigenvalue weighted by Crippen LogP contribution is -2.44. The summed E-state index contributed by atoms with van der Waals surface area (Å²) in [5, 5.41) is 5.87. The Kier molecular flexibility index (Phi) is 5.51. The number of halogens is 2. The molecule has 1 aromatic rings. The summed E-state index contributed by atoms with van der Waals surface area (Å²) in [6.45, 7) is 2.09. The first kappa shape index (κ1) is 15.4. The highest BCUT2D eigenvalue weighted by atomic mass is 79.9. The van der Waals surface area contributed by atoms with Gasteiger partial charge < -0.3 is 10.6 Å². The molecule has 0 saturated carbocycles. The van der Waals surface area contributed by atoms with Gasteiger partial charge in [0.2, 0.25) is 5.91 Å². The SMILES string of the molecule is CNC1CCN(CC(=O)Nc2ccc(Br)cc2F)CC1. The van der Waals surface area contributed by atoms with Crippen molar-refractivity contribution in [3.8, 4) is 0 Å². The molecule has 1 saturated heterocycles. The van der Waals surface area contributed by atoms with Crippen LogP contribution in [0.1, 0.15) is 12.8 Å². The third-order valence-electron chi connectivity index (χ3n) is 3.57. The zero-order valence-corrected chi connectivity index (χ0v) is 13.0. The van der Waals surface area contributed by atoms with E-state index < -0.39 is 5.82 Å². The standard InChI is InChI=1S/C14H19BrFN3O/c1-17-11-4-6-19(7-5-11)9-14(20)18-13-3-2-10(15)8-12(13)16/h2-3,8,11,17H,4-7,9H2,1H3,(H,18,20). The quantitative estimate of drug-likeness (QED) is 0.880. The maximum absolute atomic E-state index is 13.6. The second-order valence-corrected chi connectivity index (χ2v) is 5.93. The number of piperidine rings is 1. The first-order valence-electron chi connectivity index (χ1n) is 6.73. The minimum atomic E-state index is -0.429. The Balaban J connectivity index is 1.84. The number of nitrogens with zero attached hydrogens (tertiary/aromatic N) is 1. The van der Waals surface area contributed by atoms with Crippen LogP contribution in [0.4, 0.5) is 10.1 Å². The number of carbonyl (C=O) groups excluding carboxylic acids is 1. The number of anilines is 1. The summed E-state index contributed by atoms with van der Waals surface area (Å²) in [4.78, 5) is 14.0. The van der Waals surface area contributed by atoms with Gasteiger partial charge in [0.1, 0.15) is 5.82 Å². The van der Waals surface area contributed by atoms with Crippen molar-refractivity contribution in [2.24, 2.45) is 0 Å². The molecule has 0 radical (unpaired) electrons. The third-order valence-corrected chi connectivity index (χ3v) is 4.06. The van der Waals surface area contributed by atoms with E-state index in [1.165, 1.54) is 6.07 Å². The van der Waals surface area contributed by atoms with Gasteiger partial charge in [-0.05, 0) is 38.1 Å². The molecule has 0 bridgehead atoms. The molecule has 1 heterocycles. The van der Waals surface area contributed by atoms with Gasteiger partial charge in [-0.25, -0.2) is 4.39 Å². The summed E-state index contributed by atoms with van der Waals surface area (Å²) in [7, 11) is 1.96. The zero-order chi connectivity index (χ0) is 14.5. The molecular weight excluding hydrogens is 325 g/mol. The van der Waals surface area contributed by atoms with Crippen LogP contribution in [-0.2, 0) is 4.79 Å². The number of hydrogen-bond donors (Lipinski definition) is 2. The molecule has 1 amide bonds. The van der Waals surface area contributed by atoms with Gasteiger partial charge in [-0.15, -0.1) is 0 Å². The van der Waals surface area contributed by atoms with Crippen molar-refractivity contribution in [2.45, 2.75) is 18.9 Å². The fraction of sp³-hybridized carbons (Fsp3) is 0.500. The number of benzene rings is 1. The Labute approximate surface area is 126 Å². The van der Waals surface area contributed by atoms with Crippen LogP contribution < -0.4 is 10.6 Å². The van der Waals surface area contributed by atoms with Crippen LogP contribution in [0, 0.1) is 5.82 Å². The van der Waals surface area contributed by atoms with Crippen molar-refractivity contribution in [1.29, 1.82) is 0 Å². The number of nitrogens with one attached hydrogen (secondary N) is 2. The molecule has 6 heteroatoms. The molecule has 0 unspecified atom stereocenters. The molecule has 2 N–H and O–H groups in total. The van der Waals surface area contributed by atoms with E-state index in [0.29, 0.717) is 17.1 Å². The summed E-state index contributed by atoms with van der Waals surface area (Å²) in [5.41, 5.74) is 0.225. The number of carbonyl (C=O) groups is 1. The number of rotatable bonds is 4. The van der Waals surface area contributed by atoms with E-state index in [1.54, 1.807) is 12.1 Å². The van der Waals surface area contributed by atoms with Crippen molar-refractivity contribution in [3.63, 3.8) is 0 Å². The predicted octanol–water partition coefficient (Wildman–Crippen LogP) is 2.21. The van der Waals surface area contributed by atoms with E-state index in [0.717, 1.165) is 25.9 Å². The van der Waals surface area contributed by atoms with Crippen molar-refractivity contribution in [1.82, 2.24) is 10.2 Å². The van der Waals surface area contributed by atoms with Crippen LogP contribution in [0.3, 0.4) is 0 Å². The van der Waals surface area contributed by atoms with E-state index in [9.17, 15) is 9.18 Å². The monoisotopic (exact) mass is 343 g/mol. The van der Waals surface area contributed by atoms with Crippen molar-refractivity contribution in [3.05, 3.63) is 28.5 Å². The first-order chi connectivity index (χ1) is 9.58. The van der Waals surface area contributed by atoms with Crippen LogP contribution in [0.15, 0.2) is 22.7 Å². The van der Waals surface area contributed by atoms with E-state index >= 15 is 0 Å². The summed E-state index contributed by atoms with van der Waals surface area (Å²) in [5.74, 6) is -0.601. The highest BCUT2D eigenvalue weighted by Gasteiger charge is 2.19. The van der Waals surface area contributed by atoms with Gasteiger partial charge in [-0.3, -0.25) is 9.69 Å². The lowest BCUT2D eigenvalue weighted by Gasteiger charge is -2.31. The predicted molar refractivity (Wildman–Crippen MR) is 81.3 cm³/mol. The van der Waals surface area contributed by atoms with Crippen molar-refractivity contribution >= 4 is 27.5 Å². The normalized spacial score (nSPS) is 17.1. The highest BCUT2D eigenvalue weighted by molar-refractivity contribution is 9.10. The third kappa shape index (κ3) is 4.26. The van der Waals surface area contributed by atoms with Gasteiger partial charge >= 0.3 is 0 Å². The lowest BCUT2D eigenvalue weighted by atomic mass is 10.1.